The van der Waals surface area contributed by atoms with Gasteiger partial charge in [0.1, 0.15) is 0 Å². The fourth-order valence-corrected chi connectivity index (χ4v) is 4.35. The zero-order chi connectivity index (χ0) is 14.4. The monoisotopic (exact) mass is 293 g/mol. The van der Waals surface area contributed by atoms with Crippen LogP contribution in [0.2, 0.25) is 0 Å². The number of hydrogen-bond donors (Lipinski definition) is 1. The van der Waals surface area contributed by atoms with Crippen molar-refractivity contribution in [3.63, 3.8) is 0 Å². The first kappa shape index (κ1) is 13.1. The number of nitrogens with zero attached hydrogens (tertiary/aromatic N) is 1. The van der Waals surface area contributed by atoms with Gasteiger partial charge < -0.3 is 0 Å². The fraction of sp³-hybridized carbons (Fsp3) is 0.316. The first-order valence-electron chi connectivity index (χ1n) is 7.62. The molecule has 3 unspecified atom stereocenters. The summed E-state index contributed by atoms with van der Waals surface area (Å²) in [4.78, 5) is 4.69. The van der Waals surface area contributed by atoms with Gasteiger partial charge in [-0.3, -0.25) is 4.98 Å². The van der Waals surface area contributed by atoms with E-state index in [4.69, 9.17) is 4.98 Å². The van der Waals surface area contributed by atoms with Gasteiger partial charge in [0.2, 0.25) is 0 Å². The molecule has 1 fully saturated rings. The molecule has 1 heterocycles. The van der Waals surface area contributed by atoms with Crippen LogP contribution in [0, 0.1) is 11.3 Å². The Morgan fingerprint density at radius 3 is 2.95 bits per heavy atom. The third-order valence-electron chi connectivity index (χ3n) is 5.32. The molecule has 4 rings (SSSR count). The van der Waals surface area contributed by atoms with Crippen LogP contribution >= 0.6 is 12.6 Å². The molecule has 0 radical (unpaired) electrons. The van der Waals surface area contributed by atoms with Crippen molar-refractivity contribution >= 4 is 29.6 Å². The van der Waals surface area contributed by atoms with Crippen molar-refractivity contribution in [2.45, 2.75) is 25.7 Å². The SMILES string of the molecule is CC1CC1(C=CS)C1CC=Cc2ccc3cccnc3c21. The van der Waals surface area contributed by atoms with Crippen molar-refractivity contribution in [1.82, 2.24) is 4.98 Å². The van der Waals surface area contributed by atoms with Gasteiger partial charge >= 0.3 is 0 Å². The smallest absolute Gasteiger partial charge is 0.0743 e. The van der Waals surface area contributed by atoms with Crippen LogP contribution < -0.4 is 0 Å². The molecular weight excluding hydrogens is 274 g/mol. The molecule has 0 bridgehead atoms. The molecule has 0 saturated heterocycles. The molecule has 2 aliphatic rings. The number of benzene rings is 1. The van der Waals surface area contributed by atoms with E-state index in [0.29, 0.717) is 5.92 Å². The normalized spacial score (nSPS) is 30.8. The van der Waals surface area contributed by atoms with Crippen LogP contribution in [-0.4, -0.2) is 4.98 Å². The first-order chi connectivity index (χ1) is 10.3. The molecule has 3 atom stereocenters. The highest BCUT2D eigenvalue weighted by molar-refractivity contribution is 7.83. The number of thiol groups is 1. The number of aromatic nitrogens is 1. The molecule has 106 valence electrons. The molecule has 1 nitrogen and oxygen atoms in total. The van der Waals surface area contributed by atoms with E-state index >= 15 is 0 Å². The van der Waals surface area contributed by atoms with Gasteiger partial charge in [-0.1, -0.05) is 43.4 Å². The van der Waals surface area contributed by atoms with Crippen LogP contribution in [0.1, 0.15) is 36.8 Å². The van der Waals surface area contributed by atoms with Crippen molar-refractivity contribution in [3.8, 4) is 0 Å². The summed E-state index contributed by atoms with van der Waals surface area (Å²) in [6, 6.07) is 8.61. The molecule has 0 aliphatic heterocycles. The van der Waals surface area contributed by atoms with Crippen LogP contribution in [0.25, 0.3) is 17.0 Å². The minimum Gasteiger partial charge on any atom is -0.256 e. The third kappa shape index (κ3) is 1.89. The fourth-order valence-electron chi connectivity index (χ4n) is 4.08. The van der Waals surface area contributed by atoms with E-state index in [9.17, 15) is 0 Å². The summed E-state index contributed by atoms with van der Waals surface area (Å²) in [7, 11) is 0. The minimum atomic E-state index is 0.271. The van der Waals surface area contributed by atoms with E-state index in [1.165, 1.54) is 28.5 Å². The highest BCUT2D eigenvalue weighted by atomic mass is 32.1. The molecule has 1 aromatic carbocycles. The van der Waals surface area contributed by atoms with Gasteiger partial charge in [0, 0.05) is 11.6 Å². The summed E-state index contributed by atoms with van der Waals surface area (Å²) in [5.41, 5.74) is 4.22. The predicted octanol–water partition coefficient (Wildman–Crippen LogP) is 5.21. The summed E-state index contributed by atoms with van der Waals surface area (Å²) in [6.45, 7) is 2.35. The van der Waals surface area contributed by atoms with Crippen LogP contribution in [0.15, 0.2) is 48.0 Å². The van der Waals surface area contributed by atoms with E-state index in [2.05, 4.69) is 56.0 Å². The Kier molecular flexibility index (Phi) is 2.97. The average Bonchev–Trinajstić information content (AvgIpc) is 3.17. The summed E-state index contributed by atoms with van der Waals surface area (Å²) in [5.74, 6) is 1.25. The topological polar surface area (TPSA) is 12.9 Å². The summed E-state index contributed by atoms with van der Waals surface area (Å²) in [6.07, 6.45) is 11.2. The van der Waals surface area contributed by atoms with Gasteiger partial charge in [0.25, 0.3) is 0 Å². The lowest BCUT2D eigenvalue weighted by Gasteiger charge is -2.30. The molecule has 2 aromatic rings. The maximum Gasteiger partial charge on any atom is 0.0743 e. The second-order valence-electron chi connectivity index (χ2n) is 6.37. The Hall–Kier alpha value is -1.54. The Morgan fingerprint density at radius 1 is 1.33 bits per heavy atom. The molecule has 1 aromatic heterocycles. The van der Waals surface area contributed by atoms with Crippen molar-refractivity contribution < 1.29 is 0 Å². The summed E-state index contributed by atoms with van der Waals surface area (Å²) >= 11 is 4.34. The highest BCUT2D eigenvalue weighted by Gasteiger charge is 2.55. The highest BCUT2D eigenvalue weighted by Crippen LogP contribution is 2.64. The molecule has 0 spiro atoms. The van der Waals surface area contributed by atoms with Gasteiger partial charge in [-0.05, 0) is 52.7 Å². The van der Waals surface area contributed by atoms with Gasteiger partial charge in [0.15, 0.2) is 0 Å². The largest absolute Gasteiger partial charge is 0.256 e. The second-order valence-corrected chi connectivity index (χ2v) is 6.67. The number of fused-ring (bicyclic) bond motifs is 3. The predicted molar refractivity (Wildman–Crippen MR) is 92.5 cm³/mol. The number of pyridine rings is 1. The quantitative estimate of drug-likeness (QED) is 0.750. The van der Waals surface area contributed by atoms with Crippen molar-refractivity contribution in [2.75, 3.05) is 0 Å². The second kappa shape index (κ2) is 4.74. The number of hydrogen-bond acceptors (Lipinski definition) is 2. The van der Waals surface area contributed by atoms with Crippen LogP contribution in [0.5, 0.6) is 0 Å². The lowest BCUT2D eigenvalue weighted by molar-refractivity contribution is 0.459. The van der Waals surface area contributed by atoms with Crippen LogP contribution in [0.4, 0.5) is 0 Å². The molecule has 2 heteroatoms. The maximum absolute atomic E-state index is 4.69. The van der Waals surface area contributed by atoms with E-state index in [1.54, 1.807) is 0 Å². The number of rotatable bonds is 2. The lowest BCUT2D eigenvalue weighted by Crippen LogP contribution is -2.17. The molecule has 0 amide bonds. The standard InChI is InChI=1S/C19H19NS/c1-13-12-19(13,9-11-21)16-6-2-4-14-7-8-15-5-3-10-20-18(15)17(14)16/h2-5,7-11,13,16,21H,6,12H2,1H3. The maximum atomic E-state index is 4.69. The lowest BCUT2D eigenvalue weighted by atomic mass is 9.74. The Bertz CT molecular complexity index is 761. The Labute approximate surface area is 131 Å². The molecular formula is C19H19NS. The van der Waals surface area contributed by atoms with Crippen LogP contribution in [-0.2, 0) is 0 Å². The van der Waals surface area contributed by atoms with Gasteiger partial charge in [0.05, 0.1) is 5.52 Å². The Morgan fingerprint density at radius 2 is 2.19 bits per heavy atom. The Balaban J connectivity index is 1.95. The van der Waals surface area contributed by atoms with Gasteiger partial charge in [-0.15, -0.1) is 0 Å². The van der Waals surface area contributed by atoms with Crippen molar-refractivity contribution in [3.05, 3.63) is 59.1 Å². The van der Waals surface area contributed by atoms with Gasteiger partial charge in [-0.25, -0.2) is 0 Å². The molecule has 21 heavy (non-hydrogen) atoms. The van der Waals surface area contributed by atoms with Gasteiger partial charge in [-0.2, -0.15) is 12.6 Å². The van der Waals surface area contributed by atoms with Crippen molar-refractivity contribution in [1.29, 1.82) is 0 Å². The zero-order valence-corrected chi connectivity index (χ0v) is 13.1. The van der Waals surface area contributed by atoms with Crippen molar-refractivity contribution in [2.24, 2.45) is 11.3 Å². The molecule has 2 aliphatic carbocycles. The van der Waals surface area contributed by atoms with E-state index in [1.807, 2.05) is 17.7 Å². The zero-order valence-electron chi connectivity index (χ0n) is 12.2. The minimum absolute atomic E-state index is 0.271. The first-order valence-corrected chi connectivity index (χ1v) is 8.14. The molecule has 0 N–H and O–H groups in total. The molecule has 1 saturated carbocycles. The van der Waals surface area contributed by atoms with E-state index in [-0.39, 0.29) is 5.41 Å². The third-order valence-corrected chi connectivity index (χ3v) is 5.46. The van der Waals surface area contributed by atoms with E-state index < -0.39 is 0 Å². The van der Waals surface area contributed by atoms with E-state index in [0.717, 1.165) is 12.3 Å². The summed E-state index contributed by atoms with van der Waals surface area (Å²) in [5, 5.41) is 3.18. The van der Waals surface area contributed by atoms with Crippen LogP contribution in [0.3, 0.4) is 0 Å². The number of allylic oxidation sites excluding steroid dienone is 2. The average molecular weight is 293 g/mol. The summed E-state index contributed by atoms with van der Waals surface area (Å²) < 4.78 is 0.